The van der Waals surface area contributed by atoms with Crippen LogP contribution in [0.25, 0.3) is 0 Å². The molecular weight excluding hydrogens is 278 g/mol. The highest BCUT2D eigenvalue weighted by Gasteiger charge is 2.29. The van der Waals surface area contributed by atoms with E-state index < -0.39 is 0 Å². The number of rotatable bonds is 3. The summed E-state index contributed by atoms with van der Waals surface area (Å²) in [5.74, 6) is 0.843. The van der Waals surface area contributed by atoms with Crippen molar-refractivity contribution in [3.8, 4) is 0 Å². The highest BCUT2D eigenvalue weighted by atomic mass is 16.2. The first-order valence-electron chi connectivity index (χ1n) is 7.27. The number of carbonyl (C=O) groups is 1. The van der Waals surface area contributed by atoms with Gasteiger partial charge in [0.2, 0.25) is 0 Å². The van der Waals surface area contributed by atoms with Crippen molar-refractivity contribution in [1.82, 2.24) is 15.3 Å². The molecule has 0 unspecified atom stereocenters. The summed E-state index contributed by atoms with van der Waals surface area (Å²) in [7, 11) is 0. The molecule has 22 heavy (non-hydrogen) atoms. The van der Waals surface area contributed by atoms with E-state index in [4.69, 9.17) is 0 Å². The van der Waals surface area contributed by atoms with Crippen molar-refractivity contribution in [2.75, 3.05) is 23.3 Å². The van der Waals surface area contributed by atoms with Crippen molar-refractivity contribution in [2.45, 2.75) is 19.9 Å². The Morgan fingerprint density at radius 3 is 2.55 bits per heavy atom. The number of nitrogens with zero attached hydrogens (tertiary/aromatic N) is 3. The van der Waals surface area contributed by atoms with Crippen LogP contribution in [-0.2, 0) is 0 Å². The van der Waals surface area contributed by atoms with Crippen LogP contribution in [0.15, 0.2) is 36.8 Å². The maximum absolute atomic E-state index is 12.0. The zero-order valence-corrected chi connectivity index (χ0v) is 12.7. The van der Waals surface area contributed by atoms with Crippen LogP contribution in [0.4, 0.5) is 16.3 Å². The molecule has 2 aromatic rings. The predicted octanol–water partition coefficient (Wildman–Crippen LogP) is 2.10. The molecular formula is C16H19N5O. The third-order valence-electron chi connectivity index (χ3n) is 3.57. The zero-order valence-electron chi connectivity index (χ0n) is 12.7. The molecule has 0 radical (unpaired) electrons. The van der Waals surface area contributed by atoms with E-state index in [0.717, 1.165) is 35.7 Å². The number of carbonyl (C=O) groups excluding carboxylic acids is 1. The van der Waals surface area contributed by atoms with Gasteiger partial charge >= 0.3 is 6.03 Å². The molecule has 1 fully saturated rings. The number of aryl methyl sites for hydroxylation is 2. The molecule has 114 valence electrons. The average molecular weight is 297 g/mol. The van der Waals surface area contributed by atoms with Gasteiger partial charge in [-0.25, -0.2) is 9.78 Å². The smallest absolute Gasteiger partial charge is 0.319 e. The molecule has 1 aromatic heterocycles. The predicted molar refractivity (Wildman–Crippen MR) is 86.1 cm³/mol. The summed E-state index contributed by atoms with van der Waals surface area (Å²) in [5, 5.41) is 5.84. The monoisotopic (exact) mass is 297 g/mol. The van der Waals surface area contributed by atoms with Crippen LogP contribution >= 0.6 is 0 Å². The third-order valence-corrected chi connectivity index (χ3v) is 3.57. The molecule has 6 heteroatoms. The van der Waals surface area contributed by atoms with Crippen molar-refractivity contribution in [3.05, 3.63) is 47.9 Å². The van der Waals surface area contributed by atoms with Crippen molar-refractivity contribution in [1.29, 1.82) is 0 Å². The molecule has 1 aliphatic rings. The number of benzene rings is 1. The van der Waals surface area contributed by atoms with Crippen LogP contribution in [0.1, 0.15) is 11.1 Å². The lowest BCUT2D eigenvalue weighted by molar-refractivity contribution is 0.245. The summed E-state index contributed by atoms with van der Waals surface area (Å²) in [4.78, 5) is 22.4. The van der Waals surface area contributed by atoms with Gasteiger partial charge in [0, 0.05) is 31.2 Å². The van der Waals surface area contributed by atoms with Gasteiger partial charge in [0.1, 0.15) is 5.82 Å². The van der Waals surface area contributed by atoms with E-state index in [9.17, 15) is 4.79 Å². The Labute approximate surface area is 129 Å². The molecule has 0 bridgehead atoms. The molecule has 2 N–H and O–H groups in total. The molecule has 3 rings (SSSR count). The second-order valence-corrected chi connectivity index (χ2v) is 5.64. The van der Waals surface area contributed by atoms with Crippen LogP contribution in [-0.4, -0.2) is 35.1 Å². The standard InChI is InChI=1S/C16H19N5O/c1-11-5-12(2)7-13(6-11)19-16(22)20-14-9-21(10-14)15-8-17-3-4-18-15/h3-8,14H,9-10H2,1-2H3,(H2,19,20,22). The van der Waals surface area contributed by atoms with E-state index in [-0.39, 0.29) is 12.1 Å². The van der Waals surface area contributed by atoms with Gasteiger partial charge in [-0.05, 0) is 37.1 Å². The topological polar surface area (TPSA) is 70.2 Å². The van der Waals surface area contributed by atoms with Crippen LogP contribution in [0.3, 0.4) is 0 Å². The minimum Gasteiger partial charge on any atom is -0.351 e. The molecule has 0 saturated carbocycles. The maximum atomic E-state index is 12.0. The number of urea groups is 1. The second kappa shape index (κ2) is 6.01. The van der Waals surface area contributed by atoms with E-state index in [2.05, 4.69) is 31.6 Å². The molecule has 0 atom stereocenters. The Morgan fingerprint density at radius 1 is 1.18 bits per heavy atom. The van der Waals surface area contributed by atoms with Crippen LogP contribution < -0.4 is 15.5 Å². The quantitative estimate of drug-likeness (QED) is 0.910. The molecule has 2 heterocycles. The largest absolute Gasteiger partial charge is 0.351 e. The van der Waals surface area contributed by atoms with Gasteiger partial charge in [-0.15, -0.1) is 0 Å². The Morgan fingerprint density at radius 2 is 1.91 bits per heavy atom. The van der Waals surface area contributed by atoms with E-state index in [1.807, 2.05) is 26.0 Å². The summed E-state index contributed by atoms with van der Waals surface area (Å²) in [6.07, 6.45) is 5.05. The first-order chi connectivity index (χ1) is 10.6. The fourth-order valence-electron chi connectivity index (χ4n) is 2.61. The normalized spacial score (nSPS) is 14.4. The highest BCUT2D eigenvalue weighted by molar-refractivity contribution is 5.89. The fraction of sp³-hybridized carbons (Fsp3) is 0.312. The lowest BCUT2D eigenvalue weighted by Gasteiger charge is -2.40. The van der Waals surface area contributed by atoms with Crippen molar-refractivity contribution in [2.24, 2.45) is 0 Å². The molecule has 0 spiro atoms. The Bertz CT molecular complexity index is 647. The number of nitrogens with one attached hydrogen (secondary N) is 2. The van der Waals surface area contributed by atoms with Gasteiger partial charge in [0.25, 0.3) is 0 Å². The summed E-state index contributed by atoms with van der Waals surface area (Å²) in [6.45, 7) is 5.53. The van der Waals surface area contributed by atoms with Gasteiger partial charge in [-0.2, -0.15) is 0 Å². The summed E-state index contributed by atoms with van der Waals surface area (Å²) in [5.41, 5.74) is 3.08. The van der Waals surface area contributed by atoms with E-state index in [1.54, 1.807) is 18.6 Å². The summed E-state index contributed by atoms with van der Waals surface area (Å²) < 4.78 is 0. The molecule has 1 aliphatic heterocycles. The maximum Gasteiger partial charge on any atom is 0.319 e. The van der Waals surface area contributed by atoms with E-state index in [1.165, 1.54) is 0 Å². The van der Waals surface area contributed by atoms with Crippen molar-refractivity contribution in [3.63, 3.8) is 0 Å². The third kappa shape index (κ3) is 3.33. The first kappa shape index (κ1) is 14.3. The fourth-order valence-corrected chi connectivity index (χ4v) is 2.61. The second-order valence-electron chi connectivity index (χ2n) is 5.64. The molecule has 6 nitrogen and oxygen atoms in total. The number of anilines is 2. The average Bonchev–Trinajstić information content (AvgIpc) is 2.42. The van der Waals surface area contributed by atoms with Gasteiger partial charge in [-0.3, -0.25) is 4.98 Å². The van der Waals surface area contributed by atoms with Gasteiger partial charge in [-0.1, -0.05) is 6.07 Å². The van der Waals surface area contributed by atoms with Crippen molar-refractivity contribution < 1.29 is 4.79 Å². The SMILES string of the molecule is Cc1cc(C)cc(NC(=O)NC2CN(c3cnccn3)C2)c1. The summed E-state index contributed by atoms with van der Waals surface area (Å²) in [6, 6.07) is 5.95. The van der Waals surface area contributed by atoms with Crippen LogP contribution in [0.5, 0.6) is 0 Å². The first-order valence-corrected chi connectivity index (χ1v) is 7.27. The van der Waals surface area contributed by atoms with Gasteiger partial charge in [0.15, 0.2) is 0 Å². The summed E-state index contributed by atoms with van der Waals surface area (Å²) >= 11 is 0. The molecule has 1 aromatic carbocycles. The van der Waals surface area contributed by atoms with Crippen molar-refractivity contribution >= 4 is 17.5 Å². The number of aromatic nitrogens is 2. The molecule has 2 amide bonds. The number of hydrogen-bond acceptors (Lipinski definition) is 4. The molecule has 1 saturated heterocycles. The van der Waals surface area contributed by atoms with Gasteiger partial charge in [0.05, 0.1) is 12.2 Å². The Kier molecular flexibility index (Phi) is 3.91. The van der Waals surface area contributed by atoms with Crippen LogP contribution in [0, 0.1) is 13.8 Å². The van der Waals surface area contributed by atoms with Gasteiger partial charge < -0.3 is 15.5 Å². The lowest BCUT2D eigenvalue weighted by Crippen LogP contribution is -2.60. The Hall–Kier alpha value is -2.63. The highest BCUT2D eigenvalue weighted by Crippen LogP contribution is 2.17. The minimum atomic E-state index is -0.172. The van der Waals surface area contributed by atoms with E-state index in [0.29, 0.717) is 0 Å². The lowest BCUT2D eigenvalue weighted by atomic mass is 10.1. The van der Waals surface area contributed by atoms with E-state index >= 15 is 0 Å². The zero-order chi connectivity index (χ0) is 15.5. The number of hydrogen-bond donors (Lipinski definition) is 2. The minimum absolute atomic E-state index is 0.132. The van der Waals surface area contributed by atoms with Crippen LogP contribution in [0.2, 0.25) is 0 Å². The number of amides is 2. The Balaban J connectivity index is 1.49. The molecule has 0 aliphatic carbocycles.